The number of aromatic amines is 1. The highest BCUT2D eigenvalue weighted by molar-refractivity contribution is 8.00. The number of amides is 1. The molecule has 1 atom stereocenters. The van der Waals surface area contributed by atoms with Gasteiger partial charge in [-0.15, -0.1) is 16.4 Å². The van der Waals surface area contributed by atoms with Crippen LogP contribution in [-0.2, 0) is 4.79 Å². The highest BCUT2D eigenvalue weighted by Crippen LogP contribution is 2.26. The Labute approximate surface area is 144 Å². The molecule has 124 valence electrons. The van der Waals surface area contributed by atoms with Gasteiger partial charge in [0.1, 0.15) is 0 Å². The van der Waals surface area contributed by atoms with E-state index in [2.05, 4.69) is 20.5 Å². The first-order chi connectivity index (χ1) is 11.2. The van der Waals surface area contributed by atoms with Gasteiger partial charge in [0, 0.05) is 6.54 Å². The lowest BCUT2D eigenvalue weighted by molar-refractivity contribution is -0.120. The van der Waals surface area contributed by atoms with Gasteiger partial charge in [0.15, 0.2) is 5.82 Å². The number of hydrogen-bond acceptors (Lipinski definition) is 5. The van der Waals surface area contributed by atoms with Crippen molar-refractivity contribution < 1.29 is 4.79 Å². The number of carbonyl (C=O) groups excluding carboxylic acids is 1. The molecule has 1 amide bonds. The molecule has 1 unspecified atom stereocenters. The molecule has 0 radical (unpaired) electrons. The van der Waals surface area contributed by atoms with Crippen LogP contribution in [0.1, 0.15) is 39.0 Å². The number of aromatic nitrogens is 3. The molecule has 7 heteroatoms. The highest BCUT2D eigenvalue weighted by atomic mass is 32.2. The van der Waals surface area contributed by atoms with Crippen molar-refractivity contribution in [3.8, 4) is 10.7 Å². The van der Waals surface area contributed by atoms with Gasteiger partial charge in [-0.2, -0.15) is 0 Å². The van der Waals surface area contributed by atoms with Gasteiger partial charge in [0.25, 0.3) is 0 Å². The largest absolute Gasteiger partial charge is 0.355 e. The third kappa shape index (κ3) is 4.57. The second-order valence-electron chi connectivity index (χ2n) is 5.95. The normalized spacial score (nSPS) is 17.1. The summed E-state index contributed by atoms with van der Waals surface area (Å²) >= 11 is 3.01. The first-order valence-electron chi connectivity index (χ1n) is 8.13. The van der Waals surface area contributed by atoms with Crippen LogP contribution in [0.25, 0.3) is 10.7 Å². The van der Waals surface area contributed by atoms with Crippen LogP contribution < -0.4 is 5.32 Å². The number of carbonyl (C=O) groups is 1. The van der Waals surface area contributed by atoms with E-state index in [1.165, 1.54) is 43.9 Å². The standard InChI is InChI=1S/C16H22N4OS2/c1-11(15(21)17-10-12-6-3-2-4-7-12)23-16-18-14(19-20-16)13-8-5-9-22-13/h5,8-9,11-12H,2-4,6-7,10H2,1H3,(H,17,21)(H,18,19,20). The SMILES string of the molecule is CC(Sc1n[nH]c(-c2cccs2)n1)C(=O)NCC1CCCCC1. The molecule has 2 heterocycles. The fourth-order valence-corrected chi connectivity index (χ4v) is 4.23. The Morgan fingerprint density at radius 1 is 1.48 bits per heavy atom. The molecule has 2 aromatic heterocycles. The summed E-state index contributed by atoms with van der Waals surface area (Å²) in [5.41, 5.74) is 0. The van der Waals surface area contributed by atoms with Crippen molar-refractivity contribution in [1.82, 2.24) is 20.5 Å². The molecule has 23 heavy (non-hydrogen) atoms. The van der Waals surface area contributed by atoms with E-state index in [1.54, 1.807) is 11.3 Å². The minimum Gasteiger partial charge on any atom is -0.355 e. The van der Waals surface area contributed by atoms with Crippen LogP contribution in [0.3, 0.4) is 0 Å². The van der Waals surface area contributed by atoms with Crippen LogP contribution in [0.2, 0.25) is 0 Å². The number of rotatable bonds is 6. The van der Waals surface area contributed by atoms with Crippen LogP contribution in [0.5, 0.6) is 0 Å². The van der Waals surface area contributed by atoms with Gasteiger partial charge in [-0.1, -0.05) is 37.1 Å². The molecule has 2 aromatic rings. The third-order valence-corrected chi connectivity index (χ3v) is 6.00. The van der Waals surface area contributed by atoms with Gasteiger partial charge in [-0.3, -0.25) is 9.89 Å². The highest BCUT2D eigenvalue weighted by Gasteiger charge is 2.19. The smallest absolute Gasteiger partial charge is 0.233 e. The van der Waals surface area contributed by atoms with E-state index < -0.39 is 0 Å². The van der Waals surface area contributed by atoms with Crippen LogP contribution in [-0.4, -0.2) is 32.9 Å². The van der Waals surface area contributed by atoms with Gasteiger partial charge in [0.05, 0.1) is 10.1 Å². The Bertz CT molecular complexity index is 620. The number of nitrogens with one attached hydrogen (secondary N) is 2. The van der Waals surface area contributed by atoms with Crippen molar-refractivity contribution in [2.45, 2.75) is 49.4 Å². The first kappa shape index (κ1) is 16.5. The molecule has 3 rings (SSSR count). The Balaban J connectivity index is 1.48. The molecular formula is C16H22N4OS2. The number of H-pyrrole nitrogens is 1. The Morgan fingerprint density at radius 2 is 2.30 bits per heavy atom. The molecule has 1 aliphatic carbocycles. The van der Waals surface area contributed by atoms with E-state index in [9.17, 15) is 4.79 Å². The van der Waals surface area contributed by atoms with Crippen LogP contribution in [0.15, 0.2) is 22.7 Å². The predicted molar refractivity (Wildman–Crippen MR) is 94.6 cm³/mol. The van der Waals surface area contributed by atoms with Gasteiger partial charge >= 0.3 is 0 Å². The summed E-state index contributed by atoms with van der Waals surface area (Å²) < 4.78 is 0. The maximum Gasteiger partial charge on any atom is 0.233 e. The number of thiophene rings is 1. The Morgan fingerprint density at radius 3 is 3.04 bits per heavy atom. The molecule has 0 spiro atoms. The molecular weight excluding hydrogens is 328 g/mol. The predicted octanol–water partition coefficient (Wildman–Crippen LogP) is 3.71. The second-order valence-corrected chi connectivity index (χ2v) is 8.21. The zero-order valence-corrected chi connectivity index (χ0v) is 14.9. The number of hydrogen-bond donors (Lipinski definition) is 2. The van der Waals surface area contributed by atoms with Crippen LogP contribution in [0.4, 0.5) is 0 Å². The van der Waals surface area contributed by atoms with Crippen LogP contribution in [0, 0.1) is 5.92 Å². The molecule has 2 N–H and O–H groups in total. The number of thioether (sulfide) groups is 1. The van der Waals surface area contributed by atoms with Gasteiger partial charge < -0.3 is 5.32 Å². The van der Waals surface area contributed by atoms with Gasteiger partial charge in [0.2, 0.25) is 11.1 Å². The average molecular weight is 351 g/mol. The van der Waals surface area contributed by atoms with Gasteiger partial charge in [-0.25, -0.2) is 4.98 Å². The van der Waals surface area contributed by atoms with E-state index in [0.29, 0.717) is 11.1 Å². The Kier molecular flexibility index (Phi) is 5.72. The lowest BCUT2D eigenvalue weighted by Crippen LogP contribution is -2.35. The van der Waals surface area contributed by atoms with E-state index in [1.807, 2.05) is 24.4 Å². The molecule has 1 fully saturated rings. The fourth-order valence-electron chi connectivity index (χ4n) is 2.81. The second kappa shape index (κ2) is 7.97. The zero-order chi connectivity index (χ0) is 16.1. The van der Waals surface area contributed by atoms with Crippen molar-refractivity contribution >= 4 is 29.0 Å². The summed E-state index contributed by atoms with van der Waals surface area (Å²) in [5.74, 6) is 1.49. The lowest BCUT2D eigenvalue weighted by atomic mass is 9.89. The van der Waals surface area contributed by atoms with Crippen molar-refractivity contribution in [3.05, 3.63) is 17.5 Å². The summed E-state index contributed by atoms with van der Waals surface area (Å²) in [6.07, 6.45) is 6.43. The molecule has 0 aliphatic heterocycles. The maximum atomic E-state index is 12.2. The Hall–Kier alpha value is -1.34. The lowest BCUT2D eigenvalue weighted by Gasteiger charge is -2.22. The molecule has 0 aromatic carbocycles. The summed E-state index contributed by atoms with van der Waals surface area (Å²) in [6.45, 7) is 2.71. The van der Waals surface area contributed by atoms with E-state index in [0.717, 1.165) is 17.2 Å². The minimum absolute atomic E-state index is 0.0723. The topological polar surface area (TPSA) is 70.7 Å². The van der Waals surface area contributed by atoms with E-state index >= 15 is 0 Å². The van der Waals surface area contributed by atoms with Crippen molar-refractivity contribution in [2.24, 2.45) is 5.92 Å². The third-order valence-electron chi connectivity index (χ3n) is 4.16. The van der Waals surface area contributed by atoms with E-state index in [4.69, 9.17) is 0 Å². The molecule has 1 aliphatic rings. The fraction of sp³-hybridized carbons (Fsp3) is 0.562. The summed E-state index contributed by atoms with van der Waals surface area (Å²) in [4.78, 5) is 17.7. The molecule has 1 saturated carbocycles. The van der Waals surface area contributed by atoms with Crippen LogP contribution >= 0.6 is 23.1 Å². The number of nitrogens with zero attached hydrogens (tertiary/aromatic N) is 2. The molecule has 5 nitrogen and oxygen atoms in total. The summed E-state index contributed by atoms with van der Waals surface area (Å²) in [7, 11) is 0. The quantitative estimate of drug-likeness (QED) is 0.779. The minimum atomic E-state index is -0.189. The average Bonchev–Trinajstić information content (AvgIpc) is 3.24. The zero-order valence-electron chi connectivity index (χ0n) is 13.2. The summed E-state index contributed by atoms with van der Waals surface area (Å²) in [5, 5.41) is 12.7. The van der Waals surface area contributed by atoms with Crippen molar-refractivity contribution in [3.63, 3.8) is 0 Å². The summed E-state index contributed by atoms with van der Waals surface area (Å²) in [6, 6.07) is 3.98. The molecule has 0 saturated heterocycles. The van der Waals surface area contributed by atoms with Crippen molar-refractivity contribution in [1.29, 1.82) is 0 Å². The van der Waals surface area contributed by atoms with Gasteiger partial charge in [-0.05, 0) is 37.1 Å². The first-order valence-corrected chi connectivity index (χ1v) is 9.89. The van der Waals surface area contributed by atoms with Crippen molar-refractivity contribution in [2.75, 3.05) is 6.54 Å². The molecule has 0 bridgehead atoms. The monoisotopic (exact) mass is 350 g/mol. The van der Waals surface area contributed by atoms with E-state index in [-0.39, 0.29) is 11.2 Å². The maximum absolute atomic E-state index is 12.2.